The zero-order chi connectivity index (χ0) is 10.6. The van der Waals surface area contributed by atoms with Gasteiger partial charge in [-0.3, -0.25) is 0 Å². The molecular weight excluding hydrogens is 238 g/mol. The lowest BCUT2D eigenvalue weighted by Gasteiger charge is -2.16. The maximum atomic E-state index is 3.50. The number of nitrogens with one attached hydrogen (secondary N) is 1. The Hall–Kier alpha value is -0.340. The van der Waals surface area contributed by atoms with E-state index in [1.54, 1.807) is 0 Å². The van der Waals surface area contributed by atoms with Crippen molar-refractivity contribution in [2.75, 3.05) is 6.54 Å². The standard InChI is InChI=1S/C12H18BrN/c1-9(2)8-14-10(3)11-5-4-6-12(13)7-11/h4-7,9-10,14H,8H2,1-3H3. The van der Waals surface area contributed by atoms with Gasteiger partial charge in [-0.1, -0.05) is 41.9 Å². The van der Waals surface area contributed by atoms with Gasteiger partial charge in [-0.15, -0.1) is 0 Å². The largest absolute Gasteiger partial charge is 0.310 e. The van der Waals surface area contributed by atoms with Crippen LogP contribution in [0.4, 0.5) is 0 Å². The van der Waals surface area contributed by atoms with Crippen molar-refractivity contribution < 1.29 is 0 Å². The van der Waals surface area contributed by atoms with E-state index in [1.807, 2.05) is 0 Å². The maximum absolute atomic E-state index is 3.50. The molecule has 0 amide bonds. The molecule has 0 aliphatic heterocycles. The zero-order valence-electron chi connectivity index (χ0n) is 9.05. The molecule has 1 nitrogen and oxygen atoms in total. The predicted molar refractivity (Wildman–Crippen MR) is 65.4 cm³/mol. The fourth-order valence-corrected chi connectivity index (χ4v) is 1.72. The summed E-state index contributed by atoms with van der Waals surface area (Å²) >= 11 is 3.48. The monoisotopic (exact) mass is 255 g/mol. The Kier molecular flexibility index (Phi) is 4.63. The van der Waals surface area contributed by atoms with E-state index in [0.717, 1.165) is 11.0 Å². The molecule has 0 aliphatic rings. The quantitative estimate of drug-likeness (QED) is 0.864. The minimum Gasteiger partial charge on any atom is -0.310 e. The van der Waals surface area contributed by atoms with Crippen LogP contribution in [-0.4, -0.2) is 6.54 Å². The Bertz CT molecular complexity index is 283. The molecule has 0 radical (unpaired) electrons. The van der Waals surface area contributed by atoms with Gasteiger partial charge in [0.15, 0.2) is 0 Å². The molecule has 1 unspecified atom stereocenters. The lowest BCUT2D eigenvalue weighted by molar-refractivity contribution is 0.496. The van der Waals surface area contributed by atoms with Gasteiger partial charge in [0.2, 0.25) is 0 Å². The summed E-state index contributed by atoms with van der Waals surface area (Å²) < 4.78 is 1.15. The Morgan fingerprint density at radius 1 is 1.29 bits per heavy atom. The smallest absolute Gasteiger partial charge is 0.0292 e. The Morgan fingerprint density at radius 3 is 2.57 bits per heavy atom. The van der Waals surface area contributed by atoms with Crippen LogP contribution in [0, 0.1) is 5.92 Å². The first-order chi connectivity index (χ1) is 6.59. The molecule has 0 aliphatic carbocycles. The molecule has 14 heavy (non-hydrogen) atoms. The van der Waals surface area contributed by atoms with Gasteiger partial charge in [0.25, 0.3) is 0 Å². The Morgan fingerprint density at radius 2 is 2.00 bits per heavy atom. The van der Waals surface area contributed by atoms with Gasteiger partial charge in [-0.05, 0) is 37.1 Å². The molecule has 0 saturated carbocycles. The van der Waals surface area contributed by atoms with Crippen LogP contribution in [0.2, 0.25) is 0 Å². The van der Waals surface area contributed by atoms with Crippen LogP contribution in [0.3, 0.4) is 0 Å². The molecule has 0 aromatic heterocycles. The fraction of sp³-hybridized carbons (Fsp3) is 0.500. The third-order valence-electron chi connectivity index (χ3n) is 2.18. The van der Waals surface area contributed by atoms with Crippen molar-refractivity contribution in [3.05, 3.63) is 34.3 Å². The molecule has 0 heterocycles. The van der Waals surface area contributed by atoms with Crippen molar-refractivity contribution in [2.45, 2.75) is 26.8 Å². The van der Waals surface area contributed by atoms with Gasteiger partial charge in [-0.2, -0.15) is 0 Å². The Labute approximate surface area is 95.0 Å². The highest BCUT2D eigenvalue weighted by molar-refractivity contribution is 9.10. The third kappa shape index (κ3) is 3.81. The first-order valence-electron chi connectivity index (χ1n) is 5.08. The molecule has 1 N–H and O–H groups in total. The zero-order valence-corrected chi connectivity index (χ0v) is 10.6. The van der Waals surface area contributed by atoms with E-state index in [2.05, 4.69) is 66.3 Å². The van der Waals surface area contributed by atoms with Crippen LogP contribution in [0.15, 0.2) is 28.7 Å². The van der Waals surface area contributed by atoms with Gasteiger partial charge in [0.1, 0.15) is 0 Å². The highest BCUT2D eigenvalue weighted by Crippen LogP contribution is 2.17. The minimum absolute atomic E-state index is 0.426. The van der Waals surface area contributed by atoms with E-state index in [-0.39, 0.29) is 0 Å². The second kappa shape index (κ2) is 5.52. The summed E-state index contributed by atoms with van der Waals surface area (Å²) in [5.41, 5.74) is 1.33. The fourth-order valence-electron chi connectivity index (χ4n) is 1.31. The summed E-state index contributed by atoms with van der Waals surface area (Å²) in [7, 11) is 0. The van der Waals surface area contributed by atoms with Crippen molar-refractivity contribution in [3.63, 3.8) is 0 Å². The number of benzene rings is 1. The van der Waals surface area contributed by atoms with Crippen LogP contribution in [0.25, 0.3) is 0 Å². The molecule has 1 rings (SSSR count). The Balaban J connectivity index is 2.56. The first kappa shape index (κ1) is 11.7. The third-order valence-corrected chi connectivity index (χ3v) is 2.67. The SMILES string of the molecule is CC(C)CNC(C)c1cccc(Br)c1. The van der Waals surface area contributed by atoms with Gasteiger partial charge in [0.05, 0.1) is 0 Å². The van der Waals surface area contributed by atoms with Gasteiger partial charge in [0, 0.05) is 10.5 Å². The lowest BCUT2D eigenvalue weighted by atomic mass is 10.1. The minimum atomic E-state index is 0.426. The molecule has 0 fully saturated rings. The summed E-state index contributed by atoms with van der Waals surface area (Å²) in [6.07, 6.45) is 0. The lowest BCUT2D eigenvalue weighted by Crippen LogP contribution is -2.23. The summed E-state index contributed by atoms with van der Waals surface area (Å²) in [6, 6.07) is 8.88. The number of hydrogen-bond acceptors (Lipinski definition) is 1. The highest BCUT2D eigenvalue weighted by atomic mass is 79.9. The van der Waals surface area contributed by atoms with Gasteiger partial charge >= 0.3 is 0 Å². The molecule has 1 aromatic rings. The molecule has 2 heteroatoms. The molecule has 1 atom stereocenters. The number of halogens is 1. The molecule has 78 valence electrons. The molecule has 0 spiro atoms. The van der Waals surface area contributed by atoms with Crippen LogP contribution >= 0.6 is 15.9 Å². The normalized spacial score (nSPS) is 13.2. The second-order valence-electron chi connectivity index (χ2n) is 4.08. The van der Waals surface area contributed by atoms with Crippen LogP contribution in [0.5, 0.6) is 0 Å². The van der Waals surface area contributed by atoms with E-state index in [0.29, 0.717) is 12.0 Å². The van der Waals surface area contributed by atoms with Crippen LogP contribution < -0.4 is 5.32 Å². The maximum Gasteiger partial charge on any atom is 0.0292 e. The van der Waals surface area contributed by atoms with Gasteiger partial charge in [-0.25, -0.2) is 0 Å². The van der Waals surface area contributed by atoms with Gasteiger partial charge < -0.3 is 5.32 Å². The molecule has 0 saturated heterocycles. The van der Waals surface area contributed by atoms with Crippen molar-refractivity contribution in [2.24, 2.45) is 5.92 Å². The topological polar surface area (TPSA) is 12.0 Å². The first-order valence-corrected chi connectivity index (χ1v) is 5.87. The molecular formula is C12H18BrN. The van der Waals surface area contributed by atoms with E-state index in [9.17, 15) is 0 Å². The summed E-state index contributed by atoms with van der Waals surface area (Å²) in [6.45, 7) is 7.71. The van der Waals surface area contributed by atoms with E-state index < -0.39 is 0 Å². The van der Waals surface area contributed by atoms with Crippen LogP contribution in [-0.2, 0) is 0 Å². The number of hydrogen-bond donors (Lipinski definition) is 1. The second-order valence-corrected chi connectivity index (χ2v) is 4.99. The molecule has 1 aromatic carbocycles. The molecule has 0 bridgehead atoms. The summed E-state index contributed by atoms with van der Waals surface area (Å²) in [5.74, 6) is 0.699. The predicted octanol–water partition coefficient (Wildman–Crippen LogP) is 3.76. The summed E-state index contributed by atoms with van der Waals surface area (Å²) in [5, 5.41) is 3.50. The average molecular weight is 256 g/mol. The number of rotatable bonds is 4. The van der Waals surface area contributed by atoms with Crippen molar-refractivity contribution in [3.8, 4) is 0 Å². The van der Waals surface area contributed by atoms with E-state index >= 15 is 0 Å². The van der Waals surface area contributed by atoms with Crippen molar-refractivity contribution in [1.29, 1.82) is 0 Å². The van der Waals surface area contributed by atoms with Crippen molar-refractivity contribution >= 4 is 15.9 Å². The summed E-state index contributed by atoms with van der Waals surface area (Å²) in [4.78, 5) is 0. The van der Waals surface area contributed by atoms with E-state index in [4.69, 9.17) is 0 Å². The van der Waals surface area contributed by atoms with Crippen LogP contribution in [0.1, 0.15) is 32.4 Å². The van der Waals surface area contributed by atoms with E-state index in [1.165, 1.54) is 5.56 Å². The highest BCUT2D eigenvalue weighted by Gasteiger charge is 2.05. The average Bonchev–Trinajstić information content (AvgIpc) is 2.14. The van der Waals surface area contributed by atoms with Crippen molar-refractivity contribution in [1.82, 2.24) is 5.32 Å².